The highest BCUT2D eigenvalue weighted by Crippen LogP contribution is 2.30. The maximum atomic E-state index is 5.50. The van der Waals surface area contributed by atoms with Crippen molar-refractivity contribution in [2.45, 2.75) is 38.2 Å². The highest BCUT2D eigenvalue weighted by atomic mass is 32.2. The molecule has 0 saturated heterocycles. The fourth-order valence-electron chi connectivity index (χ4n) is 1.34. The third-order valence-electron chi connectivity index (χ3n) is 2.29. The lowest BCUT2D eigenvalue weighted by atomic mass is 10.4. The second-order valence-electron chi connectivity index (χ2n) is 3.78. The second kappa shape index (κ2) is 5.35. The number of hydrogen-bond donors (Lipinski definition) is 0. The minimum atomic E-state index is 0.160. The van der Waals surface area contributed by atoms with Crippen molar-refractivity contribution in [3.8, 4) is 0 Å². The molecule has 1 atom stereocenters. The predicted molar refractivity (Wildman–Crippen MR) is 64.6 cm³/mol. The molecule has 0 spiro atoms. The van der Waals surface area contributed by atoms with Gasteiger partial charge in [0, 0.05) is 12.5 Å². The lowest BCUT2D eigenvalue weighted by molar-refractivity contribution is 0.390. The van der Waals surface area contributed by atoms with Crippen LogP contribution in [0, 0.1) is 6.92 Å². The Hall–Kier alpha value is -1.30. The Balaban J connectivity index is 1.90. The first-order valence-corrected chi connectivity index (χ1v) is 6.60. The molecule has 17 heavy (non-hydrogen) atoms. The van der Waals surface area contributed by atoms with E-state index in [1.807, 2.05) is 26.8 Å². The van der Waals surface area contributed by atoms with Crippen LogP contribution in [-0.2, 0) is 12.2 Å². The molecule has 0 aromatic carbocycles. The quantitative estimate of drug-likeness (QED) is 0.816. The highest BCUT2D eigenvalue weighted by Gasteiger charge is 2.14. The van der Waals surface area contributed by atoms with Gasteiger partial charge >= 0.3 is 0 Å². The maximum Gasteiger partial charge on any atom is 0.229 e. The molecule has 2 aromatic heterocycles. The smallest absolute Gasteiger partial charge is 0.229 e. The largest absolute Gasteiger partial charge is 0.424 e. The van der Waals surface area contributed by atoms with E-state index in [0.29, 0.717) is 11.8 Å². The van der Waals surface area contributed by atoms with Gasteiger partial charge in [0.25, 0.3) is 0 Å². The van der Waals surface area contributed by atoms with Gasteiger partial charge in [0.2, 0.25) is 11.8 Å². The first-order valence-electron chi connectivity index (χ1n) is 5.55. The van der Waals surface area contributed by atoms with Gasteiger partial charge in [-0.05, 0) is 13.8 Å². The SMILES string of the molecule is CCc1nnc(C(C)SCc2cc(C)no2)o1. The molecule has 0 aliphatic rings. The molecule has 0 fully saturated rings. The topological polar surface area (TPSA) is 65.0 Å². The molecule has 0 amide bonds. The van der Waals surface area contributed by atoms with Gasteiger partial charge < -0.3 is 8.94 Å². The molecule has 0 bridgehead atoms. The molecule has 0 saturated carbocycles. The van der Waals surface area contributed by atoms with Crippen molar-refractivity contribution < 1.29 is 8.94 Å². The molecule has 0 aliphatic carbocycles. The van der Waals surface area contributed by atoms with Crippen LogP contribution >= 0.6 is 11.8 Å². The summed E-state index contributed by atoms with van der Waals surface area (Å²) in [5.41, 5.74) is 0.902. The molecule has 2 aromatic rings. The summed E-state index contributed by atoms with van der Waals surface area (Å²) in [6, 6.07) is 1.94. The van der Waals surface area contributed by atoms with Crippen LogP contribution in [0.5, 0.6) is 0 Å². The van der Waals surface area contributed by atoms with Gasteiger partial charge in [0.1, 0.15) is 5.76 Å². The van der Waals surface area contributed by atoms with Crippen LogP contribution < -0.4 is 0 Å². The molecular formula is C11H15N3O2S. The van der Waals surface area contributed by atoms with Crippen LogP contribution in [0.15, 0.2) is 15.0 Å². The molecule has 1 unspecified atom stereocenters. The van der Waals surface area contributed by atoms with Crippen LogP contribution in [0.1, 0.15) is 42.3 Å². The van der Waals surface area contributed by atoms with E-state index in [4.69, 9.17) is 8.94 Å². The Labute approximate surface area is 104 Å². The van der Waals surface area contributed by atoms with Crippen LogP contribution in [0.25, 0.3) is 0 Å². The summed E-state index contributed by atoms with van der Waals surface area (Å²) < 4.78 is 10.6. The van der Waals surface area contributed by atoms with E-state index >= 15 is 0 Å². The summed E-state index contributed by atoms with van der Waals surface area (Å²) in [6.07, 6.45) is 0.770. The summed E-state index contributed by atoms with van der Waals surface area (Å²) in [7, 11) is 0. The number of thioether (sulfide) groups is 1. The Kier molecular flexibility index (Phi) is 3.83. The van der Waals surface area contributed by atoms with E-state index in [9.17, 15) is 0 Å². The Morgan fingerprint density at radius 2 is 2.24 bits per heavy atom. The molecule has 0 aliphatic heterocycles. The zero-order valence-corrected chi connectivity index (χ0v) is 11.0. The zero-order chi connectivity index (χ0) is 12.3. The van der Waals surface area contributed by atoms with Gasteiger partial charge in [0.15, 0.2) is 0 Å². The van der Waals surface area contributed by atoms with Crippen molar-refractivity contribution >= 4 is 11.8 Å². The normalized spacial score (nSPS) is 12.9. The lowest BCUT2D eigenvalue weighted by Gasteiger charge is -2.03. The first-order chi connectivity index (χ1) is 8.19. The maximum absolute atomic E-state index is 5.50. The average molecular weight is 253 g/mol. The fraction of sp³-hybridized carbons (Fsp3) is 0.545. The van der Waals surface area contributed by atoms with Crippen molar-refractivity contribution in [1.29, 1.82) is 0 Å². The Morgan fingerprint density at radius 1 is 1.41 bits per heavy atom. The van der Waals surface area contributed by atoms with Gasteiger partial charge in [0.05, 0.1) is 16.7 Å². The van der Waals surface area contributed by atoms with Gasteiger partial charge in [-0.25, -0.2) is 0 Å². The molecule has 6 heteroatoms. The Bertz CT molecular complexity index is 481. The van der Waals surface area contributed by atoms with E-state index in [-0.39, 0.29) is 5.25 Å². The third-order valence-corrected chi connectivity index (χ3v) is 3.44. The number of nitrogens with zero attached hydrogens (tertiary/aromatic N) is 3. The molecular weight excluding hydrogens is 238 g/mol. The summed E-state index contributed by atoms with van der Waals surface area (Å²) >= 11 is 1.69. The van der Waals surface area contributed by atoms with Gasteiger partial charge in [-0.1, -0.05) is 12.1 Å². The number of aryl methyl sites for hydroxylation is 2. The predicted octanol–water partition coefficient (Wildman–Crippen LogP) is 2.92. The summed E-state index contributed by atoms with van der Waals surface area (Å²) in [4.78, 5) is 0. The average Bonchev–Trinajstić information content (AvgIpc) is 2.94. The molecule has 2 heterocycles. The van der Waals surface area contributed by atoms with E-state index in [1.54, 1.807) is 11.8 Å². The zero-order valence-electron chi connectivity index (χ0n) is 10.1. The van der Waals surface area contributed by atoms with Gasteiger partial charge in [-0.15, -0.1) is 22.0 Å². The summed E-state index contributed by atoms with van der Waals surface area (Å²) in [5.74, 6) is 2.98. The van der Waals surface area contributed by atoms with E-state index < -0.39 is 0 Å². The molecule has 0 N–H and O–H groups in total. The first kappa shape index (κ1) is 12.2. The van der Waals surface area contributed by atoms with Crippen molar-refractivity contribution in [3.05, 3.63) is 29.3 Å². The van der Waals surface area contributed by atoms with E-state index in [2.05, 4.69) is 15.4 Å². The van der Waals surface area contributed by atoms with Gasteiger partial charge in [-0.3, -0.25) is 0 Å². The monoisotopic (exact) mass is 253 g/mol. The third kappa shape index (κ3) is 3.09. The molecule has 92 valence electrons. The van der Waals surface area contributed by atoms with E-state index in [1.165, 1.54) is 0 Å². The van der Waals surface area contributed by atoms with Crippen LogP contribution in [0.2, 0.25) is 0 Å². The molecule has 2 rings (SSSR count). The number of rotatable bonds is 5. The standard InChI is InChI=1S/C11H15N3O2S/c1-4-10-12-13-11(15-10)8(3)17-6-9-5-7(2)14-16-9/h5,8H,4,6H2,1-3H3. The van der Waals surface area contributed by atoms with Crippen LogP contribution in [0.3, 0.4) is 0 Å². The number of aromatic nitrogens is 3. The minimum absolute atomic E-state index is 0.160. The minimum Gasteiger partial charge on any atom is -0.424 e. The summed E-state index contributed by atoms with van der Waals surface area (Å²) in [6.45, 7) is 5.94. The second-order valence-corrected chi connectivity index (χ2v) is 5.10. The molecule has 0 radical (unpaired) electrons. The van der Waals surface area contributed by atoms with E-state index in [0.717, 1.165) is 23.6 Å². The van der Waals surface area contributed by atoms with Crippen molar-refractivity contribution in [2.75, 3.05) is 0 Å². The van der Waals surface area contributed by atoms with Crippen LogP contribution in [-0.4, -0.2) is 15.4 Å². The van der Waals surface area contributed by atoms with Gasteiger partial charge in [-0.2, -0.15) is 0 Å². The molecule has 5 nitrogen and oxygen atoms in total. The fourth-order valence-corrected chi connectivity index (χ4v) is 2.12. The number of hydrogen-bond acceptors (Lipinski definition) is 6. The van der Waals surface area contributed by atoms with Crippen molar-refractivity contribution in [2.24, 2.45) is 0 Å². The summed E-state index contributed by atoms with van der Waals surface area (Å²) in [5, 5.41) is 12.0. The lowest BCUT2D eigenvalue weighted by Crippen LogP contribution is -1.89. The Morgan fingerprint density at radius 3 is 2.82 bits per heavy atom. The van der Waals surface area contributed by atoms with Crippen molar-refractivity contribution in [1.82, 2.24) is 15.4 Å². The van der Waals surface area contributed by atoms with Crippen molar-refractivity contribution in [3.63, 3.8) is 0 Å². The highest BCUT2D eigenvalue weighted by molar-refractivity contribution is 7.98. The van der Waals surface area contributed by atoms with Crippen LogP contribution in [0.4, 0.5) is 0 Å².